The number of phenols is 1. The second kappa shape index (κ2) is 9.96. The molecule has 4 rings (SSSR count). The van der Waals surface area contributed by atoms with Crippen molar-refractivity contribution in [2.75, 3.05) is 20.3 Å². The van der Waals surface area contributed by atoms with Crippen LogP contribution < -0.4 is 24.4 Å². The third kappa shape index (κ3) is 4.47. The van der Waals surface area contributed by atoms with E-state index in [0.717, 1.165) is 0 Å². The second-order valence-electron chi connectivity index (χ2n) is 7.34. The first-order chi connectivity index (χ1) is 16.5. The lowest BCUT2D eigenvalue weighted by Crippen LogP contribution is -2.39. The van der Waals surface area contributed by atoms with Crippen molar-refractivity contribution >= 4 is 23.4 Å². The summed E-state index contributed by atoms with van der Waals surface area (Å²) in [7, 11) is 1.29. The number of benzene rings is 2. The number of esters is 1. The molecule has 0 saturated heterocycles. The van der Waals surface area contributed by atoms with Crippen LogP contribution >= 0.6 is 11.3 Å². The molecule has 0 fully saturated rings. The summed E-state index contributed by atoms with van der Waals surface area (Å²) in [6.07, 6.45) is 3.13. The Kier molecular flexibility index (Phi) is 6.83. The van der Waals surface area contributed by atoms with Gasteiger partial charge in [-0.1, -0.05) is 29.5 Å². The number of hydrogen-bond acceptors (Lipinski definition) is 8. The first-order valence-corrected chi connectivity index (χ1v) is 11.6. The van der Waals surface area contributed by atoms with Crippen LogP contribution in [0.4, 0.5) is 0 Å². The summed E-state index contributed by atoms with van der Waals surface area (Å²) in [6.45, 7) is 4.64. The number of fused-ring (bicyclic) bond motifs is 1. The van der Waals surface area contributed by atoms with Crippen molar-refractivity contribution in [1.29, 1.82) is 0 Å². The highest BCUT2D eigenvalue weighted by Crippen LogP contribution is 2.35. The average molecular weight is 481 g/mol. The minimum Gasteiger partial charge on any atom is -0.508 e. The predicted octanol–water partition coefficient (Wildman–Crippen LogP) is 2.52. The van der Waals surface area contributed by atoms with E-state index in [0.29, 0.717) is 45.2 Å². The van der Waals surface area contributed by atoms with E-state index in [-0.39, 0.29) is 16.9 Å². The van der Waals surface area contributed by atoms with Crippen LogP contribution in [-0.4, -0.2) is 36.0 Å². The van der Waals surface area contributed by atoms with Gasteiger partial charge in [0.1, 0.15) is 5.75 Å². The van der Waals surface area contributed by atoms with Gasteiger partial charge in [0.15, 0.2) is 16.3 Å². The van der Waals surface area contributed by atoms with Crippen LogP contribution in [0.5, 0.6) is 17.2 Å². The molecule has 9 heteroatoms. The maximum Gasteiger partial charge on any atom is 0.337 e. The van der Waals surface area contributed by atoms with Crippen molar-refractivity contribution in [2.24, 2.45) is 4.99 Å². The lowest BCUT2D eigenvalue weighted by Gasteiger charge is -2.23. The number of phenolic OH excluding ortho intramolecular Hbond substituents is 1. The average Bonchev–Trinajstić information content (AvgIpc) is 3.14. The predicted molar refractivity (Wildman–Crippen MR) is 128 cm³/mol. The first-order valence-electron chi connectivity index (χ1n) is 10.7. The molecule has 0 bridgehead atoms. The van der Waals surface area contributed by atoms with Crippen LogP contribution in [0.15, 0.2) is 64.0 Å². The molecule has 0 unspecified atom stereocenters. The number of nitrogens with zero attached hydrogens (tertiary/aromatic N) is 2. The van der Waals surface area contributed by atoms with Crippen LogP contribution in [0.3, 0.4) is 0 Å². The number of carbonyl (C=O) groups is 1. The van der Waals surface area contributed by atoms with Crippen molar-refractivity contribution in [1.82, 2.24) is 4.57 Å². The van der Waals surface area contributed by atoms with Gasteiger partial charge < -0.3 is 19.3 Å². The van der Waals surface area contributed by atoms with Crippen molar-refractivity contribution in [2.45, 2.75) is 19.9 Å². The molecule has 0 saturated carbocycles. The van der Waals surface area contributed by atoms with Gasteiger partial charge in [-0.2, -0.15) is 0 Å². The molecule has 176 valence electrons. The minimum absolute atomic E-state index is 0.102. The summed E-state index contributed by atoms with van der Waals surface area (Å²) >= 11 is 1.20. The molecule has 0 spiro atoms. The van der Waals surface area contributed by atoms with Crippen molar-refractivity contribution < 1.29 is 24.1 Å². The molecule has 1 N–H and O–H groups in total. The van der Waals surface area contributed by atoms with E-state index >= 15 is 0 Å². The standard InChI is InChI=1S/C25H24N2O6S/c1-4-32-19-10-9-16(13-20(19)33-5-2)22-18(24(30)31-3)14-26-25-27(22)23(29)21(34-25)12-15-7-6-8-17(28)11-15/h6-14,22,28H,4-5H2,1-3H3/b21-12-/t22-/m1/s1. The molecule has 0 amide bonds. The number of methoxy groups -OCH3 is 1. The van der Waals surface area contributed by atoms with Gasteiger partial charge in [0, 0.05) is 6.20 Å². The molecule has 3 aromatic rings. The van der Waals surface area contributed by atoms with E-state index in [4.69, 9.17) is 14.2 Å². The molecule has 1 aliphatic rings. The fourth-order valence-electron chi connectivity index (χ4n) is 3.75. The molecule has 8 nitrogen and oxygen atoms in total. The molecule has 1 aromatic heterocycles. The van der Waals surface area contributed by atoms with E-state index in [9.17, 15) is 14.7 Å². The first kappa shape index (κ1) is 23.3. The normalized spacial score (nSPS) is 15.2. The van der Waals surface area contributed by atoms with E-state index in [2.05, 4.69) is 4.99 Å². The zero-order valence-electron chi connectivity index (χ0n) is 19.0. The number of thiazole rings is 1. The van der Waals surface area contributed by atoms with Crippen LogP contribution in [0, 0.1) is 0 Å². The third-order valence-corrected chi connectivity index (χ3v) is 6.17. The Hall–Kier alpha value is -3.85. The van der Waals surface area contributed by atoms with E-state index in [1.807, 2.05) is 13.8 Å². The third-order valence-electron chi connectivity index (χ3n) is 5.18. The summed E-state index contributed by atoms with van der Waals surface area (Å²) < 4.78 is 18.3. The van der Waals surface area contributed by atoms with Crippen molar-refractivity contribution in [3.05, 3.63) is 85.1 Å². The highest BCUT2D eigenvalue weighted by atomic mass is 32.1. The number of aromatic nitrogens is 1. The Morgan fingerprint density at radius 1 is 1.15 bits per heavy atom. The molecule has 1 atom stereocenters. The van der Waals surface area contributed by atoms with E-state index in [1.165, 1.54) is 29.2 Å². The fraction of sp³-hybridized carbons (Fsp3) is 0.240. The molecule has 2 aromatic carbocycles. The van der Waals surface area contributed by atoms with Gasteiger partial charge in [-0.3, -0.25) is 9.36 Å². The van der Waals surface area contributed by atoms with Crippen LogP contribution in [-0.2, 0) is 9.53 Å². The van der Waals surface area contributed by atoms with Gasteiger partial charge >= 0.3 is 5.97 Å². The number of aromatic hydroxyl groups is 1. The zero-order valence-corrected chi connectivity index (χ0v) is 19.8. The van der Waals surface area contributed by atoms with Crippen molar-refractivity contribution in [3.63, 3.8) is 0 Å². The molecule has 1 aliphatic heterocycles. The number of rotatable bonds is 7. The molecular weight excluding hydrogens is 456 g/mol. The summed E-state index contributed by atoms with van der Waals surface area (Å²) in [5.74, 6) is 0.617. The zero-order chi connectivity index (χ0) is 24.2. The Morgan fingerprint density at radius 3 is 2.62 bits per heavy atom. The summed E-state index contributed by atoms with van der Waals surface area (Å²) in [5.41, 5.74) is 1.25. The van der Waals surface area contributed by atoms with E-state index < -0.39 is 12.0 Å². The number of hydrogen-bond donors (Lipinski definition) is 1. The van der Waals surface area contributed by atoms with Gasteiger partial charge in [-0.05, 0) is 55.3 Å². The minimum atomic E-state index is -0.759. The molecular formula is C25H24N2O6S. The number of carbonyl (C=O) groups excluding carboxylic acids is 1. The van der Waals surface area contributed by atoms with Gasteiger partial charge in [-0.25, -0.2) is 9.79 Å². The molecule has 0 radical (unpaired) electrons. The topological polar surface area (TPSA) is 99.4 Å². The second-order valence-corrected chi connectivity index (χ2v) is 8.35. The summed E-state index contributed by atoms with van der Waals surface area (Å²) in [4.78, 5) is 30.9. The monoisotopic (exact) mass is 480 g/mol. The highest BCUT2D eigenvalue weighted by molar-refractivity contribution is 7.07. The van der Waals surface area contributed by atoms with Crippen LogP contribution in [0.1, 0.15) is 31.0 Å². The summed E-state index contributed by atoms with van der Waals surface area (Å²) in [5, 5.41) is 9.77. The lowest BCUT2D eigenvalue weighted by molar-refractivity contribution is -0.136. The molecule has 2 heterocycles. The molecule has 0 aliphatic carbocycles. The fourth-order valence-corrected chi connectivity index (χ4v) is 4.72. The van der Waals surface area contributed by atoms with Crippen LogP contribution in [0.2, 0.25) is 0 Å². The van der Waals surface area contributed by atoms with Gasteiger partial charge in [-0.15, -0.1) is 0 Å². The van der Waals surface area contributed by atoms with Crippen LogP contribution in [0.25, 0.3) is 6.08 Å². The van der Waals surface area contributed by atoms with Crippen molar-refractivity contribution in [3.8, 4) is 17.2 Å². The smallest absolute Gasteiger partial charge is 0.337 e. The Balaban J connectivity index is 1.91. The van der Waals surface area contributed by atoms with Gasteiger partial charge in [0.2, 0.25) is 0 Å². The Labute approximate surface area is 199 Å². The maximum atomic E-state index is 13.5. The number of ether oxygens (including phenoxy) is 3. The van der Waals surface area contributed by atoms with Gasteiger partial charge in [0.25, 0.3) is 5.56 Å². The highest BCUT2D eigenvalue weighted by Gasteiger charge is 2.31. The summed E-state index contributed by atoms with van der Waals surface area (Å²) in [6, 6.07) is 11.2. The van der Waals surface area contributed by atoms with Gasteiger partial charge in [0.05, 0.1) is 36.5 Å². The Morgan fingerprint density at radius 2 is 1.91 bits per heavy atom. The molecule has 34 heavy (non-hydrogen) atoms. The maximum absolute atomic E-state index is 13.5. The Bertz CT molecular complexity index is 1440. The van der Waals surface area contributed by atoms with E-state index in [1.54, 1.807) is 48.5 Å². The SMILES string of the molecule is CCOc1ccc([C@@H]2C(C(=O)OC)=CN=c3s/c(=C\c4cccc(O)c4)c(=O)n32)cc1OCC. The largest absolute Gasteiger partial charge is 0.508 e. The quantitative estimate of drug-likeness (QED) is 0.522. The lowest BCUT2D eigenvalue weighted by atomic mass is 9.97.